The number of piperidine rings is 1. The highest BCUT2D eigenvalue weighted by Crippen LogP contribution is 2.46. The van der Waals surface area contributed by atoms with E-state index in [4.69, 9.17) is 4.74 Å². The zero-order valence-corrected chi connectivity index (χ0v) is 19.4. The van der Waals surface area contributed by atoms with Gasteiger partial charge in [-0.3, -0.25) is 10.00 Å². The molecule has 3 aliphatic rings. The first-order chi connectivity index (χ1) is 16.7. The number of carboxylic acids is 1. The summed E-state index contributed by atoms with van der Waals surface area (Å²) in [6.07, 6.45) is 5.60. The van der Waals surface area contributed by atoms with Crippen molar-refractivity contribution >= 4 is 22.7 Å². The van der Waals surface area contributed by atoms with Gasteiger partial charge < -0.3 is 14.7 Å². The summed E-state index contributed by atoms with van der Waals surface area (Å²) < 4.78 is 5.55. The SMILES string of the molecule is O=C(O)c1nc2n[nH]c(C3CCC3)c2c(N2CCC(N3CCOCC3)CC2)c1-c1ccccc1. The van der Waals surface area contributed by atoms with Gasteiger partial charge >= 0.3 is 5.97 Å². The highest BCUT2D eigenvalue weighted by molar-refractivity contribution is 6.08. The lowest BCUT2D eigenvalue weighted by Gasteiger charge is -2.41. The van der Waals surface area contributed by atoms with E-state index in [9.17, 15) is 9.90 Å². The van der Waals surface area contributed by atoms with Crippen molar-refractivity contribution in [3.63, 3.8) is 0 Å². The van der Waals surface area contributed by atoms with Crippen molar-refractivity contribution in [1.82, 2.24) is 20.1 Å². The number of aromatic amines is 1. The second kappa shape index (κ2) is 9.00. The number of ether oxygens (including phenoxy) is 1. The number of aromatic nitrogens is 3. The van der Waals surface area contributed by atoms with E-state index in [0.29, 0.717) is 23.2 Å². The number of anilines is 1. The third-order valence-corrected chi connectivity index (χ3v) is 7.82. The van der Waals surface area contributed by atoms with Crippen molar-refractivity contribution in [2.45, 2.75) is 44.1 Å². The van der Waals surface area contributed by atoms with Crippen LogP contribution in [0.3, 0.4) is 0 Å². The molecule has 178 valence electrons. The van der Waals surface area contributed by atoms with Crippen LogP contribution in [0.15, 0.2) is 30.3 Å². The molecule has 0 spiro atoms. The number of carbonyl (C=O) groups is 1. The van der Waals surface area contributed by atoms with E-state index in [0.717, 1.165) is 87.4 Å². The summed E-state index contributed by atoms with van der Waals surface area (Å²) in [5, 5.41) is 18.9. The van der Waals surface area contributed by atoms with Gasteiger partial charge in [-0.15, -0.1) is 0 Å². The van der Waals surface area contributed by atoms with Gasteiger partial charge in [-0.05, 0) is 31.2 Å². The van der Waals surface area contributed by atoms with Crippen LogP contribution in [0.4, 0.5) is 5.69 Å². The summed E-state index contributed by atoms with van der Waals surface area (Å²) in [6, 6.07) is 10.4. The lowest BCUT2D eigenvalue weighted by Crippen LogP contribution is -2.49. The molecule has 0 unspecified atom stereocenters. The number of rotatable bonds is 5. The van der Waals surface area contributed by atoms with Crippen molar-refractivity contribution < 1.29 is 14.6 Å². The summed E-state index contributed by atoms with van der Waals surface area (Å²) in [6.45, 7) is 5.38. The van der Waals surface area contributed by atoms with E-state index < -0.39 is 5.97 Å². The van der Waals surface area contributed by atoms with Crippen LogP contribution in [0.2, 0.25) is 0 Å². The average molecular weight is 462 g/mol. The fraction of sp³-hybridized carbons (Fsp3) is 0.500. The average Bonchev–Trinajstić information content (AvgIpc) is 3.26. The number of carboxylic acid groups (broad SMARTS) is 1. The summed E-state index contributed by atoms with van der Waals surface area (Å²) >= 11 is 0. The predicted molar refractivity (Wildman–Crippen MR) is 131 cm³/mol. The van der Waals surface area contributed by atoms with Gasteiger partial charge in [0.25, 0.3) is 0 Å². The number of pyridine rings is 1. The van der Waals surface area contributed by atoms with Crippen molar-refractivity contribution in [1.29, 1.82) is 0 Å². The lowest BCUT2D eigenvalue weighted by molar-refractivity contribution is 0.0115. The van der Waals surface area contributed by atoms with Gasteiger partial charge in [0, 0.05) is 49.4 Å². The van der Waals surface area contributed by atoms with E-state index in [1.165, 1.54) is 6.42 Å². The number of morpholine rings is 1. The van der Waals surface area contributed by atoms with Gasteiger partial charge in [0.15, 0.2) is 11.3 Å². The van der Waals surface area contributed by atoms with Crippen LogP contribution in [0.1, 0.15) is 54.2 Å². The molecule has 3 fully saturated rings. The molecule has 8 heteroatoms. The molecule has 0 atom stereocenters. The molecule has 1 aromatic carbocycles. The topological polar surface area (TPSA) is 94.6 Å². The standard InChI is InChI=1S/C26H31N5O3/c32-26(33)23-20(17-5-2-1-3-6-17)24(21-22(18-7-4-8-18)28-29-25(21)27-23)31-11-9-19(10-12-31)30-13-15-34-16-14-30/h1-3,5-6,18-19H,4,7-16H2,(H,32,33)(H,27,28,29). The van der Waals surface area contributed by atoms with Crippen LogP contribution in [-0.2, 0) is 4.74 Å². The minimum atomic E-state index is -1.02. The molecule has 2 saturated heterocycles. The molecule has 6 rings (SSSR count). The van der Waals surface area contributed by atoms with Crippen molar-refractivity contribution in [2.75, 3.05) is 44.3 Å². The molecule has 1 saturated carbocycles. The maximum absolute atomic E-state index is 12.4. The highest BCUT2D eigenvalue weighted by atomic mass is 16.5. The van der Waals surface area contributed by atoms with E-state index in [2.05, 4.69) is 25.0 Å². The van der Waals surface area contributed by atoms with Crippen LogP contribution in [-0.4, -0.2) is 76.6 Å². The molecule has 34 heavy (non-hydrogen) atoms. The minimum Gasteiger partial charge on any atom is -0.476 e. The first kappa shape index (κ1) is 21.6. The monoisotopic (exact) mass is 461 g/mol. The summed E-state index contributed by atoms with van der Waals surface area (Å²) in [5.41, 5.74) is 4.31. The van der Waals surface area contributed by atoms with Crippen molar-refractivity contribution in [3.05, 3.63) is 41.7 Å². The number of H-pyrrole nitrogens is 1. The second-order valence-electron chi connectivity index (χ2n) is 9.69. The first-order valence-corrected chi connectivity index (χ1v) is 12.5. The maximum Gasteiger partial charge on any atom is 0.355 e. The largest absolute Gasteiger partial charge is 0.476 e. The fourth-order valence-electron chi connectivity index (χ4n) is 5.80. The first-order valence-electron chi connectivity index (χ1n) is 12.5. The molecule has 2 N–H and O–H groups in total. The Kier molecular flexibility index (Phi) is 5.71. The smallest absolute Gasteiger partial charge is 0.355 e. The summed E-state index contributed by atoms with van der Waals surface area (Å²) in [7, 11) is 0. The van der Waals surface area contributed by atoms with Crippen LogP contribution in [0, 0.1) is 0 Å². The highest BCUT2D eigenvalue weighted by Gasteiger charge is 2.34. The minimum absolute atomic E-state index is 0.0793. The van der Waals surface area contributed by atoms with Gasteiger partial charge in [-0.2, -0.15) is 5.10 Å². The molecule has 8 nitrogen and oxygen atoms in total. The molecular weight excluding hydrogens is 430 g/mol. The number of nitrogens with one attached hydrogen (secondary N) is 1. The molecular formula is C26H31N5O3. The van der Waals surface area contributed by atoms with Crippen LogP contribution >= 0.6 is 0 Å². The molecule has 3 aromatic rings. The number of benzene rings is 1. The number of hydrogen-bond acceptors (Lipinski definition) is 6. The van der Waals surface area contributed by atoms with E-state index in [1.807, 2.05) is 30.3 Å². The third-order valence-electron chi connectivity index (χ3n) is 7.82. The zero-order chi connectivity index (χ0) is 23.1. The number of nitrogens with zero attached hydrogens (tertiary/aromatic N) is 4. The molecule has 1 aliphatic carbocycles. The Morgan fingerprint density at radius 3 is 2.41 bits per heavy atom. The van der Waals surface area contributed by atoms with Gasteiger partial charge in [-0.25, -0.2) is 9.78 Å². The predicted octanol–water partition coefficient (Wildman–Crippen LogP) is 3.89. The summed E-state index contributed by atoms with van der Waals surface area (Å²) in [5.74, 6) is -0.575. The maximum atomic E-state index is 12.4. The second-order valence-corrected chi connectivity index (χ2v) is 9.69. The Bertz CT molecular complexity index is 1180. The number of aromatic carboxylic acids is 1. The van der Waals surface area contributed by atoms with Gasteiger partial charge in [-0.1, -0.05) is 36.8 Å². The van der Waals surface area contributed by atoms with E-state index in [1.54, 1.807) is 0 Å². The fourth-order valence-corrected chi connectivity index (χ4v) is 5.80. The summed E-state index contributed by atoms with van der Waals surface area (Å²) in [4.78, 5) is 21.9. The molecule has 0 bridgehead atoms. The van der Waals surface area contributed by atoms with E-state index >= 15 is 0 Å². The Hall–Kier alpha value is -2.97. The van der Waals surface area contributed by atoms with Crippen LogP contribution in [0.5, 0.6) is 0 Å². The molecule has 0 radical (unpaired) electrons. The molecule has 2 aromatic heterocycles. The van der Waals surface area contributed by atoms with Crippen LogP contribution < -0.4 is 4.90 Å². The third kappa shape index (κ3) is 3.75. The Balaban J connectivity index is 1.47. The number of hydrogen-bond donors (Lipinski definition) is 2. The number of fused-ring (bicyclic) bond motifs is 1. The Morgan fingerprint density at radius 1 is 1.03 bits per heavy atom. The molecule has 4 heterocycles. The van der Waals surface area contributed by atoms with Gasteiger partial charge in [0.2, 0.25) is 0 Å². The van der Waals surface area contributed by atoms with Gasteiger partial charge in [0.1, 0.15) is 0 Å². The Labute approximate surface area is 198 Å². The lowest BCUT2D eigenvalue weighted by atomic mass is 9.81. The zero-order valence-electron chi connectivity index (χ0n) is 19.4. The van der Waals surface area contributed by atoms with Crippen molar-refractivity contribution in [3.8, 4) is 11.1 Å². The van der Waals surface area contributed by atoms with E-state index in [-0.39, 0.29) is 5.69 Å². The van der Waals surface area contributed by atoms with Gasteiger partial charge in [0.05, 0.1) is 24.3 Å². The van der Waals surface area contributed by atoms with Crippen molar-refractivity contribution in [2.24, 2.45) is 0 Å². The van der Waals surface area contributed by atoms with Crippen LogP contribution in [0.25, 0.3) is 22.2 Å². The molecule has 0 amide bonds. The Morgan fingerprint density at radius 2 is 1.76 bits per heavy atom. The molecule has 2 aliphatic heterocycles. The normalized spacial score (nSPS) is 20.5. The quantitative estimate of drug-likeness (QED) is 0.595.